The first-order valence-corrected chi connectivity index (χ1v) is 5.61. The molecule has 0 saturated carbocycles. The van der Waals surface area contributed by atoms with Crippen molar-refractivity contribution in [3.8, 4) is 5.75 Å². The Kier molecular flexibility index (Phi) is 3.15. The number of phenolic OH excluding ortho intramolecular Hbond substituents is 1. The van der Waals surface area contributed by atoms with Crippen LogP contribution in [-0.4, -0.2) is 17.1 Å². The minimum Gasteiger partial charge on any atom is -0.505 e. The standard InChI is InChI=1S/C13H16N2O2/c1-8-3-2-4-11(12(8)16)15-13(17)9-5-6-10(14)7-9/h2-6,9-10,16H,7,14H2,1H3,(H,15,17). The van der Waals surface area contributed by atoms with Crippen molar-refractivity contribution >= 4 is 11.6 Å². The molecular formula is C13H16N2O2. The molecule has 1 aromatic rings. The molecule has 90 valence electrons. The van der Waals surface area contributed by atoms with Crippen LogP contribution in [-0.2, 0) is 4.79 Å². The molecule has 1 amide bonds. The molecule has 2 unspecified atom stereocenters. The van der Waals surface area contributed by atoms with Gasteiger partial charge in [0.2, 0.25) is 5.91 Å². The van der Waals surface area contributed by atoms with Crippen molar-refractivity contribution in [2.45, 2.75) is 19.4 Å². The molecule has 0 radical (unpaired) electrons. The van der Waals surface area contributed by atoms with E-state index in [0.29, 0.717) is 12.1 Å². The van der Waals surface area contributed by atoms with Crippen LogP contribution in [0.15, 0.2) is 30.4 Å². The number of carbonyl (C=O) groups excluding carboxylic acids is 1. The van der Waals surface area contributed by atoms with Crippen LogP contribution in [0.3, 0.4) is 0 Å². The van der Waals surface area contributed by atoms with Crippen LogP contribution < -0.4 is 11.1 Å². The van der Waals surface area contributed by atoms with Crippen LogP contribution in [0.1, 0.15) is 12.0 Å². The minimum atomic E-state index is -0.204. The van der Waals surface area contributed by atoms with E-state index in [9.17, 15) is 9.90 Å². The van der Waals surface area contributed by atoms with Crippen LogP contribution in [0.25, 0.3) is 0 Å². The highest BCUT2D eigenvalue weighted by molar-refractivity contribution is 5.95. The number of nitrogens with two attached hydrogens (primary N) is 1. The van der Waals surface area contributed by atoms with Gasteiger partial charge in [0.15, 0.2) is 0 Å². The topological polar surface area (TPSA) is 75.4 Å². The number of phenols is 1. The third-order valence-electron chi connectivity index (χ3n) is 2.95. The maximum atomic E-state index is 11.9. The van der Waals surface area contributed by atoms with Crippen molar-refractivity contribution in [1.82, 2.24) is 0 Å². The summed E-state index contributed by atoms with van der Waals surface area (Å²) in [5, 5.41) is 12.5. The molecule has 0 bridgehead atoms. The van der Waals surface area contributed by atoms with Crippen molar-refractivity contribution in [2.75, 3.05) is 5.32 Å². The van der Waals surface area contributed by atoms with Gasteiger partial charge in [0, 0.05) is 6.04 Å². The maximum Gasteiger partial charge on any atom is 0.231 e. The van der Waals surface area contributed by atoms with Crippen LogP contribution >= 0.6 is 0 Å². The van der Waals surface area contributed by atoms with Crippen LogP contribution in [0.4, 0.5) is 5.69 Å². The van der Waals surface area contributed by atoms with E-state index in [1.807, 2.05) is 12.2 Å². The SMILES string of the molecule is Cc1cccc(NC(=O)C2C=CC(N)C2)c1O. The van der Waals surface area contributed by atoms with Crippen LogP contribution in [0, 0.1) is 12.8 Å². The second kappa shape index (κ2) is 4.59. The number of benzene rings is 1. The molecule has 0 heterocycles. The van der Waals surface area contributed by atoms with Crippen molar-refractivity contribution < 1.29 is 9.90 Å². The molecule has 4 heteroatoms. The Hall–Kier alpha value is -1.81. The van der Waals surface area contributed by atoms with E-state index >= 15 is 0 Å². The maximum absolute atomic E-state index is 11.9. The van der Waals surface area contributed by atoms with Gasteiger partial charge in [-0.2, -0.15) is 0 Å². The zero-order valence-corrected chi connectivity index (χ0v) is 9.68. The van der Waals surface area contributed by atoms with Gasteiger partial charge in [-0.05, 0) is 25.0 Å². The molecule has 0 fully saturated rings. The van der Waals surface area contributed by atoms with Gasteiger partial charge >= 0.3 is 0 Å². The van der Waals surface area contributed by atoms with E-state index in [1.165, 1.54) is 0 Å². The van der Waals surface area contributed by atoms with Gasteiger partial charge in [0.1, 0.15) is 5.75 Å². The highest BCUT2D eigenvalue weighted by Crippen LogP contribution is 2.28. The summed E-state index contributed by atoms with van der Waals surface area (Å²) >= 11 is 0. The smallest absolute Gasteiger partial charge is 0.231 e. The summed E-state index contributed by atoms with van der Waals surface area (Å²) in [4.78, 5) is 11.9. The fourth-order valence-corrected chi connectivity index (χ4v) is 1.91. The Morgan fingerprint density at radius 3 is 2.88 bits per heavy atom. The van der Waals surface area contributed by atoms with Crippen molar-refractivity contribution in [2.24, 2.45) is 11.7 Å². The summed E-state index contributed by atoms with van der Waals surface area (Å²) in [6.07, 6.45) is 4.27. The quantitative estimate of drug-likeness (QED) is 0.535. The Labute approximate surface area is 100 Å². The predicted octanol–water partition coefficient (Wildman–Crippen LogP) is 1.54. The number of anilines is 1. The number of aromatic hydroxyl groups is 1. The zero-order chi connectivity index (χ0) is 12.4. The molecule has 1 aromatic carbocycles. The van der Waals surface area contributed by atoms with Crippen molar-refractivity contribution in [3.63, 3.8) is 0 Å². The third-order valence-corrected chi connectivity index (χ3v) is 2.95. The molecule has 1 aliphatic carbocycles. The lowest BCUT2D eigenvalue weighted by molar-refractivity contribution is -0.118. The molecule has 1 aliphatic rings. The first-order valence-electron chi connectivity index (χ1n) is 5.61. The molecule has 17 heavy (non-hydrogen) atoms. The number of para-hydroxylation sites is 1. The Balaban J connectivity index is 2.09. The summed E-state index contributed by atoms with van der Waals surface area (Å²) in [7, 11) is 0. The highest BCUT2D eigenvalue weighted by Gasteiger charge is 2.23. The average molecular weight is 232 g/mol. The lowest BCUT2D eigenvalue weighted by Crippen LogP contribution is -2.24. The van der Waals surface area contributed by atoms with E-state index in [2.05, 4.69) is 5.32 Å². The fraction of sp³-hybridized carbons (Fsp3) is 0.308. The fourth-order valence-electron chi connectivity index (χ4n) is 1.91. The van der Waals surface area contributed by atoms with Gasteiger partial charge in [0.05, 0.1) is 11.6 Å². The molecule has 4 N–H and O–H groups in total. The lowest BCUT2D eigenvalue weighted by atomic mass is 10.1. The first kappa shape index (κ1) is 11.7. The van der Waals surface area contributed by atoms with Gasteiger partial charge in [-0.15, -0.1) is 0 Å². The number of amides is 1. The number of nitrogens with one attached hydrogen (secondary N) is 1. The van der Waals surface area contributed by atoms with Crippen molar-refractivity contribution in [3.05, 3.63) is 35.9 Å². The van der Waals surface area contributed by atoms with Gasteiger partial charge in [-0.3, -0.25) is 4.79 Å². The van der Waals surface area contributed by atoms with Crippen LogP contribution in [0.2, 0.25) is 0 Å². The van der Waals surface area contributed by atoms with Crippen LogP contribution in [0.5, 0.6) is 5.75 Å². The second-order valence-electron chi connectivity index (χ2n) is 4.35. The van der Waals surface area contributed by atoms with E-state index in [4.69, 9.17) is 5.73 Å². The molecular weight excluding hydrogens is 216 g/mol. The monoisotopic (exact) mass is 232 g/mol. The molecule has 2 rings (SSSR count). The number of carbonyl (C=O) groups is 1. The third kappa shape index (κ3) is 2.47. The Morgan fingerprint density at radius 2 is 2.24 bits per heavy atom. The normalized spacial score (nSPS) is 22.7. The van der Waals surface area contributed by atoms with Gasteiger partial charge in [-0.1, -0.05) is 24.3 Å². The second-order valence-corrected chi connectivity index (χ2v) is 4.35. The molecule has 4 nitrogen and oxygen atoms in total. The number of aryl methyl sites for hydroxylation is 1. The summed E-state index contributed by atoms with van der Waals surface area (Å²) in [6, 6.07) is 5.22. The largest absolute Gasteiger partial charge is 0.505 e. The first-order chi connectivity index (χ1) is 8.08. The molecule has 0 spiro atoms. The summed E-state index contributed by atoms with van der Waals surface area (Å²) < 4.78 is 0. The number of hydrogen-bond donors (Lipinski definition) is 3. The molecule has 0 saturated heterocycles. The Morgan fingerprint density at radius 1 is 1.47 bits per heavy atom. The van der Waals surface area contributed by atoms with Gasteiger partial charge < -0.3 is 16.2 Å². The summed E-state index contributed by atoms with van der Waals surface area (Å²) in [5.74, 6) is -0.216. The summed E-state index contributed by atoms with van der Waals surface area (Å²) in [6.45, 7) is 1.79. The molecule has 0 aromatic heterocycles. The van der Waals surface area contributed by atoms with Gasteiger partial charge in [0.25, 0.3) is 0 Å². The predicted molar refractivity (Wildman–Crippen MR) is 66.7 cm³/mol. The molecule has 2 atom stereocenters. The van der Waals surface area contributed by atoms with Gasteiger partial charge in [-0.25, -0.2) is 0 Å². The van der Waals surface area contributed by atoms with E-state index in [1.54, 1.807) is 25.1 Å². The number of hydrogen-bond acceptors (Lipinski definition) is 3. The van der Waals surface area contributed by atoms with E-state index < -0.39 is 0 Å². The minimum absolute atomic E-state index is 0.0446. The zero-order valence-electron chi connectivity index (χ0n) is 9.68. The van der Waals surface area contributed by atoms with E-state index in [-0.39, 0.29) is 23.6 Å². The highest BCUT2D eigenvalue weighted by atomic mass is 16.3. The Bertz CT molecular complexity index is 468. The average Bonchev–Trinajstić information content (AvgIpc) is 2.72. The van der Waals surface area contributed by atoms with Crippen molar-refractivity contribution in [1.29, 1.82) is 0 Å². The summed E-state index contributed by atoms with van der Waals surface area (Å²) in [5.41, 5.74) is 6.88. The number of rotatable bonds is 2. The van der Waals surface area contributed by atoms with E-state index in [0.717, 1.165) is 5.56 Å². The lowest BCUT2D eigenvalue weighted by Gasteiger charge is -2.12. The molecule has 0 aliphatic heterocycles.